The fourth-order valence-corrected chi connectivity index (χ4v) is 2.51. The molecule has 25 heavy (non-hydrogen) atoms. The summed E-state index contributed by atoms with van der Waals surface area (Å²) in [6, 6.07) is 12.1. The molecule has 2 aromatic carbocycles. The molecule has 0 aliphatic carbocycles. The van der Waals surface area contributed by atoms with Crippen molar-refractivity contribution >= 4 is 46.4 Å². The summed E-state index contributed by atoms with van der Waals surface area (Å²) in [7, 11) is 1.70. The standard InChI is InChI=1S/C18H19Cl2N3O2/c1-12-15(20)4-3-5-16(12)22-18(25)11-23(2)10-17(24)21-14-8-6-13(19)7-9-14/h3-9H,10-11H2,1-2H3,(H,21,24)(H,22,25). The van der Waals surface area contributed by atoms with Gasteiger partial charge in [-0.15, -0.1) is 0 Å². The fourth-order valence-electron chi connectivity index (χ4n) is 2.21. The number of likely N-dealkylation sites (N-methyl/N-ethyl adjacent to an activating group) is 1. The van der Waals surface area contributed by atoms with Crippen molar-refractivity contribution in [2.75, 3.05) is 30.8 Å². The number of carbonyl (C=O) groups is 2. The first-order valence-corrected chi connectivity index (χ1v) is 8.39. The van der Waals surface area contributed by atoms with Crippen LogP contribution >= 0.6 is 23.2 Å². The van der Waals surface area contributed by atoms with E-state index in [-0.39, 0.29) is 24.9 Å². The van der Waals surface area contributed by atoms with Crippen LogP contribution in [0.2, 0.25) is 10.0 Å². The third-order valence-electron chi connectivity index (χ3n) is 3.50. The van der Waals surface area contributed by atoms with E-state index in [0.717, 1.165) is 5.56 Å². The molecule has 0 fully saturated rings. The van der Waals surface area contributed by atoms with Crippen molar-refractivity contribution in [3.05, 3.63) is 58.1 Å². The minimum Gasteiger partial charge on any atom is -0.325 e. The summed E-state index contributed by atoms with van der Waals surface area (Å²) in [5.74, 6) is -0.427. The molecular formula is C18H19Cl2N3O2. The smallest absolute Gasteiger partial charge is 0.238 e. The number of benzene rings is 2. The number of halogens is 2. The Bertz CT molecular complexity index is 763. The quantitative estimate of drug-likeness (QED) is 0.801. The average Bonchev–Trinajstić information content (AvgIpc) is 2.53. The summed E-state index contributed by atoms with van der Waals surface area (Å²) < 4.78 is 0. The Balaban J connectivity index is 1.83. The highest BCUT2D eigenvalue weighted by Gasteiger charge is 2.12. The highest BCUT2D eigenvalue weighted by Crippen LogP contribution is 2.22. The summed E-state index contributed by atoms with van der Waals surface area (Å²) in [4.78, 5) is 25.8. The van der Waals surface area contributed by atoms with Gasteiger partial charge in [-0.25, -0.2) is 0 Å². The van der Waals surface area contributed by atoms with Gasteiger partial charge >= 0.3 is 0 Å². The maximum atomic E-state index is 12.1. The molecule has 0 aromatic heterocycles. The van der Waals surface area contributed by atoms with E-state index >= 15 is 0 Å². The molecule has 5 nitrogen and oxygen atoms in total. The van der Waals surface area contributed by atoms with Crippen LogP contribution in [0.3, 0.4) is 0 Å². The molecule has 0 aliphatic heterocycles. The van der Waals surface area contributed by atoms with Crippen LogP contribution in [-0.4, -0.2) is 36.9 Å². The van der Waals surface area contributed by atoms with Gasteiger partial charge in [-0.3, -0.25) is 14.5 Å². The Morgan fingerprint density at radius 2 is 1.56 bits per heavy atom. The van der Waals surface area contributed by atoms with Crippen LogP contribution in [-0.2, 0) is 9.59 Å². The number of carbonyl (C=O) groups excluding carboxylic acids is 2. The lowest BCUT2D eigenvalue weighted by Crippen LogP contribution is -2.36. The molecule has 0 heterocycles. The molecule has 0 aliphatic rings. The summed E-state index contributed by atoms with van der Waals surface area (Å²) in [5, 5.41) is 6.74. The van der Waals surface area contributed by atoms with Crippen molar-refractivity contribution in [3.8, 4) is 0 Å². The van der Waals surface area contributed by atoms with Crippen molar-refractivity contribution in [3.63, 3.8) is 0 Å². The number of amides is 2. The monoisotopic (exact) mass is 379 g/mol. The second-order valence-corrected chi connectivity index (χ2v) is 6.53. The van der Waals surface area contributed by atoms with Crippen molar-refractivity contribution < 1.29 is 9.59 Å². The summed E-state index contributed by atoms with van der Waals surface area (Å²) in [6.45, 7) is 2.01. The van der Waals surface area contributed by atoms with E-state index in [1.807, 2.05) is 6.92 Å². The summed E-state index contributed by atoms with van der Waals surface area (Å²) >= 11 is 11.8. The highest BCUT2D eigenvalue weighted by atomic mass is 35.5. The van der Waals surface area contributed by atoms with E-state index in [0.29, 0.717) is 21.4 Å². The number of rotatable bonds is 6. The van der Waals surface area contributed by atoms with E-state index in [9.17, 15) is 9.59 Å². The minimum absolute atomic E-state index is 0.0833. The first-order valence-electron chi connectivity index (χ1n) is 7.64. The van der Waals surface area contributed by atoms with Crippen LogP contribution in [0.25, 0.3) is 0 Å². The number of hydrogen-bond donors (Lipinski definition) is 2. The van der Waals surface area contributed by atoms with Crippen molar-refractivity contribution in [1.29, 1.82) is 0 Å². The SMILES string of the molecule is Cc1c(Cl)cccc1NC(=O)CN(C)CC(=O)Nc1ccc(Cl)cc1. The molecule has 132 valence electrons. The molecule has 0 atom stereocenters. The molecule has 2 aromatic rings. The second kappa shape index (κ2) is 8.85. The zero-order valence-corrected chi connectivity index (χ0v) is 15.5. The fraction of sp³-hybridized carbons (Fsp3) is 0.222. The van der Waals surface area contributed by atoms with Gasteiger partial charge in [0.25, 0.3) is 0 Å². The molecule has 0 unspecified atom stereocenters. The van der Waals surface area contributed by atoms with E-state index in [1.165, 1.54) is 0 Å². The predicted octanol–water partition coefficient (Wildman–Crippen LogP) is 3.81. The van der Waals surface area contributed by atoms with Crippen LogP contribution in [0.1, 0.15) is 5.56 Å². The molecule has 2 amide bonds. The second-order valence-electron chi connectivity index (χ2n) is 5.69. The Kier molecular flexibility index (Phi) is 6.82. The number of nitrogens with one attached hydrogen (secondary N) is 2. The summed E-state index contributed by atoms with van der Waals surface area (Å²) in [5.41, 5.74) is 2.12. The molecule has 0 saturated heterocycles. The van der Waals surface area contributed by atoms with Gasteiger partial charge in [0.2, 0.25) is 11.8 Å². The molecular weight excluding hydrogens is 361 g/mol. The molecule has 0 saturated carbocycles. The largest absolute Gasteiger partial charge is 0.325 e. The van der Waals surface area contributed by atoms with Crippen molar-refractivity contribution in [2.45, 2.75) is 6.92 Å². The molecule has 0 radical (unpaired) electrons. The zero-order chi connectivity index (χ0) is 18.4. The number of nitrogens with zero attached hydrogens (tertiary/aromatic N) is 1. The minimum atomic E-state index is -0.216. The molecule has 0 bridgehead atoms. The first kappa shape index (κ1) is 19.2. The molecule has 2 rings (SSSR count). The van der Waals surface area contributed by atoms with E-state index in [4.69, 9.17) is 23.2 Å². The maximum absolute atomic E-state index is 12.1. The van der Waals surface area contributed by atoms with Gasteiger partial charge in [0.05, 0.1) is 13.1 Å². The Labute approximate surface area is 156 Å². The van der Waals surface area contributed by atoms with Crippen LogP contribution in [0.5, 0.6) is 0 Å². The van der Waals surface area contributed by atoms with Gasteiger partial charge in [0.1, 0.15) is 0 Å². The van der Waals surface area contributed by atoms with Gasteiger partial charge in [0.15, 0.2) is 0 Å². The third kappa shape index (κ3) is 6.05. The Morgan fingerprint density at radius 1 is 0.960 bits per heavy atom. The van der Waals surface area contributed by atoms with Crippen molar-refractivity contribution in [2.24, 2.45) is 0 Å². The lowest BCUT2D eigenvalue weighted by molar-refractivity contribution is -0.119. The van der Waals surface area contributed by atoms with Gasteiger partial charge in [-0.2, -0.15) is 0 Å². The van der Waals surface area contributed by atoms with E-state index < -0.39 is 0 Å². The Morgan fingerprint density at radius 3 is 2.20 bits per heavy atom. The van der Waals surface area contributed by atoms with Gasteiger partial charge in [-0.1, -0.05) is 29.3 Å². The normalized spacial score (nSPS) is 10.6. The van der Waals surface area contributed by atoms with Crippen LogP contribution in [0.15, 0.2) is 42.5 Å². The Hall–Kier alpha value is -2.08. The number of anilines is 2. The lowest BCUT2D eigenvalue weighted by atomic mass is 10.2. The van der Waals surface area contributed by atoms with Crippen LogP contribution in [0.4, 0.5) is 11.4 Å². The maximum Gasteiger partial charge on any atom is 0.238 e. The van der Waals surface area contributed by atoms with Crippen LogP contribution in [0, 0.1) is 6.92 Å². The first-order chi connectivity index (χ1) is 11.8. The van der Waals surface area contributed by atoms with E-state index in [1.54, 1.807) is 54.4 Å². The predicted molar refractivity (Wildman–Crippen MR) is 102 cm³/mol. The zero-order valence-electron chi connectivity index (χ0n) is 14.0. The highest BCUT2D eigenvalue weighted by molar-refractivity contribution is 6.31. The summed E-state index contributed by atoms with van der Waals surface area (Å²) in [6.07, 6.45) is 0. The van der Waals surface area contributed by atoms with Gasteiger partial charge < -0.3 is 10.6 Å². The van der Waals surface area contributed by atoms with Crippen molar-refractivity contribution in [1.82, 2.24) is 4.90 Å². The molecule has 7 heteroatoms. The van der Waals surface area contributed by atoms with Gasteiger partial charge in [-0.05, 0) is 55.9 Å². The third-order valence-corrected chi connectivity index (χ3v) is 4.16. The van der Waals surface area contributed by atoms with Gasteiger partial charge in [0, 0.05) is 21.4 Å². The average molecular weight is 380 g/mol. The van der Waals surface area contributed by atoms with Crippen LogP contribution < -0.4 is 10.6 Å². The van der Waals surface area contributed by atoms with E-state index in [2.05, 4.69) is 10.6 Å². The topological polar surface area (TPSA) is 61.4 Å². The molecule has 2 N–H and O–H groups in total. The molecule has 0 spiro atoms. The number of hydrogen-bond acceptors (Lipinski definition) is 3. The lowest BCUT2D eigenvalue weighted by Gasteiger charge is -2.17.